The molecule has 0 bridgehead atoms. The lowest BCUT2D eigenvalue weighted by atomic mass is 10.1. The van der Waals surface area contributed by atoms with Crippen LogP contribution in [0.15, 0.2) is 0 Å². The van der Waals surface area contributed by atoms with Gasteiger partial charge in [0.25, 0.3) is 0 Å². The maximum absolute atomic E-state index is 5.88. The minimum atomic E-state index is -0.0673. The van der Waals surface area contributed by atoms with Gasteiger partial charge < -0.3 is 11.1 Å². The number of nitrogens with two attached hydrogens (primary N) is 1. The quantitative estimate of drug-likeness (QED) is 0.699. The van der Waals surface area contributed by atoms with Crippen LogP contribution in [0.2, 0.25) is 0 Å². The molecule has 1 atom stereocenters. The number of hydrogen-bond acceptors (Lipinski definition) is 3. The average molecular weight is 188 g/mol. The fraction of sp³-hybridized carbons (Fsp3) is 1.00. The summed E-state index contributed by atoms with van der Waals surface area (Å²) < 4.78 is 0. The molecule has 3 N–H and O–H groups in total. The fourth-order valence-electron chi connectivity index (χ4n) is 1.31. The van der Waals surface area contributed by atoms with Crippen LogP contribution in [0.25, 0.3) is 0 Å². The zero-order valence-electron chi connectivity index (χ0n) is 8.10. The van der Waals surface area contributed by atoms with Gasteiger partial charge in [0.15, 0.2) is 0 Å². The second-order valence-corrected chi connectivity index (χ2v) is 5.43. The van der Waals surface area contributed by atoms with E-state index < -0.39 is 0 Å². The normalized spacial score (nSPS) is 25.8. The molecule has 0 amide bonds. The topological polar surface area (TPSA) is 38.0 Å². The third kappa shape index (κ3) is 4.33. The molecule has 3 heteroatoms. The molecule has 1 rings (SSSR count). The van der Waals surface area contributed by atoms with E-state index in [4.69, 9.17) is 5.73 Å². The Balaban J connectivity index is 2.13. The van der Waals surface area contributed by atoms with Crippen LogP contribution in [-0.2, 0) is 0 Å². The first-order valence-corrected chi connectivity index (χ1v) is 5.83. The van der Waals surface area contributed by atoms with E-state index in [9.17, 15) is 0 Å². The van der Waals surface area contributed by atoms with Crippen LogP contribution in [-0.4, -0.2) is 29.6 Å². The van der Waals surface area contributed by atoms with Gasteiger partial charge in [-0.3, -0.25) is 0 Å². The van der Waals surface area contributed by atoms with Gasteiger partial charge >= 0.3 is 0 Å². The summed E-state index contributed by atoms with van der Waals surface area (Å²) in [4.78, 5) is 0. The Morgan fingerprint density at radius 1 is 1.58 bits per heavy atom. The second-order valence-electron chi connectivity index (χ2n) is 4.28. The van der Waals surface area contributed by atoms with Gasteiger partial charge in [-0.15, -0.1) is 0 Å². The smallest absolute Gasteiger partial charge is 0.0223 e. The molecule has 0 aromatic carbocycles. The summed E-state index contributed by atoms with van der Waals surface area (Å²) in [6.45, 7) is 5.06. The molecular weight excluding hydrogens is 168 g/mol. The van der Waals surface area contributed by atoms with E-state index in [0.29, 0.717) is 6.04 Å². The molecular formula is C9H20N2S. The van der Waals surface area contributed by atoms with Gasteiger partial charge in [-0.1, -0.05) is 0 Å². The predicted octanol–water partition coefficient (Wildman–Crippen LogP) is 1.21. The minimum Gasteiger partial charge on any atom is -0.324 e. The summed E-state index contributed by atoms with van der Waals surface area (Å²) in [7, 11) is 0. The van der Waals surface area contributed by atoms with Crippen molar-refractivity contribution < 1.29 is 0 Å². The second kappa shape index (κ2) is 4.49. The lowest BCUT2D eigenvalue weighted by Crippen LogP contribution is -2.47. The van der Waals surface area contributed by atoms with Gasteiger partial charge in [0.2, 0.25) is 0 Å². The highest BCUT2D eigenvalue weighted by Gasteiger charge is 2.16. The zero-order chi connectivity index (χ0) is 9.03. The molecule has 2 nitrogen and oxygen atoms in total. The monoisotopic (exact) mass is 188 g/mol. The molecule has 0 aliphatic carbocycles. The van der Waals surface area contributed by atoms with Crippen LogP contribution in [0.3, 0.4) is 0 Å². The van der Waals surface area contributed by atoms with E-state index in [1.165, 1.54) is 24.3 Å². The lowest BCUT2D eigenvalue weighted by Gasteiger charge is -2.27. The van der Waals surface area contributed by atoms with E-state index >= 15 is 0 Å². The van der Waals surface area contributed by atoms with Crippen molar-refractivity contribution in [3.63, 3.8) is 0 Å². The Morgan fingerprint density at radius 2 is 2.33 bits per heavy atom. The predicted molar refractivity (Wildman–Crippen MR) is 56.6 cm³/mol. The van der Waals surface area contributed by atoms with Crippen molar-refractivity contribution in [2.24, 2.45) is 5.73 Å². The summed E-state index contributed by atoms with van der Waals surface area (Å²) in [5.74, 6) is 2.60. The van der Waals surface area contributed by atoms with Crippen molar-refractivity contribution in [1.82, 2.24) is 5.32 Å². The van der Waals surface area contributed by atoms with E-state index in [1.807, 2.05) is 0 Å². The third-order valence-electron chi connectivity index (χ3n) is 2.01. The summed E-state index contributed by atoms with van der Waals surface area (Å²) in [6.07, 6.45) is 2.68. The molecule has 72 valence electrons. The van der Waals surface area contributed by atoms with Crippen molar-refractivity contribution in [2.45, 2.75) is 38.3 Å². The first-order chi connectivity index (χ1) is 5.58. The van der Waals surface area contributed by atoms with E-state index in [2.05, 4.69) is 30.9 Å². The Hall–Kier alpha value is 0.270. The molecule has 0 aromatic rings. The summed E-state index contributed by atoms with van der Waals surface area (Å²) in [5.41, 5.74) is 5.82. The maximum Gasteiger partial charge on any atom is 0.0223 e. The fourth-order valence-corrected chi connectivity index (χ4v) is 2.42. The molecule has 0 aromatic heterocycles. The number of rotatable bonds is 3. The Kier molecular flexibility index (Phi) is 3.87. The van der Waals surface area contributed by atoms with Crippen molar-refractivity contribution in [2.75, 3.05) is 18.1 Å². The van der Waals surface area contributed by atoms with Crippen LogP contribution in [0.4, 0.5) is 0 Å². The molecule has 1 fully saturated rings. The highest BCUT2D eigenvalue weighted by atomic mass is 32.2. The van der Waals surface area contributed by atoms with Crippen molar-refractivity contribution >= 4 is 11.8 Å². The molecule has 1 heterocycles. The molecule has 0 spiro atoms. The van der Waals surface area contributed by atoms with Crippen LogP contribution in [0, 0.1) is 0 Å². The highest BCUT2D eigenvalue weighted by molar-refractivity contribution is 7.99. The Bertz CT molecular complexity index is 125. The number of nitrogens with one attached hydrogen (secondary N) is 1. The van der Waals surface area contributed by atoms with Gasteiger partial charge in [-0.25, -0.2) is 0 Å². The standard InChI is InChI=1S/C9H20N2S/c1-9(2,10)7-11-8-4-3-5-12-6-8/h8,11H,3-7,10H2,1-2H3. The summed E-state index contributed by atoms with van der Waals surface area (Å²) in [6, 6.07) is 0.701. The van der Waals surface area contributed by atoms with Gasteiger partial charge in [-0.2, -0.15) is 11.8 Å². The van der Waals surface area contributed by atoms with E-state index in [-0.39, 0.29) is 5.54 Å². The third-order valence-corrected chi connectivity index (χ3v) is 3.22. The first kappa shape index (κ1) is 10.4. The zero-order valence-corrected chi connectivity index (χ0v) is 8.91. The van der Waals surface area contributed by atoms with E-state index in [1.54, 1.807) is 0 Å². The molecule has 0 saturated carbocycles. The SMILES string of the molecule is CC(C)(N)CNC1CCCSC1. The van der Waals surface area contributed by atoms with Gasteiger partial charge in [0, 0.05) is 23.9 Å². The number of thioether (sulfide) groups is 1. The van der Waals surface area contributed by atoms with Crippen molar-refractivity contribution in [1.29, 1.82) is 0 Å². The number of hydrogen-bond donors (Lipinski definition) is 2. The summed E-state index contributed by atoms with van der Waals surface area (Å²) >= 11 is 2.05. The Labute approximate surface area is 79.7 Å². The van der Waals surface area contributed by atoms with Gasteiger partial charge in [0.05, 0.1) is 0 Å². The maximum atomic E-state index is 5.88. The van der Waals surface area contributed by atoms with E-state index in [0.717, 1.165) is 6.54 Å². The average Bonchev–Trinajstić information content (AvgIpc) is 2.02. The molecule has 1 unspecified atom stereocenters. The highest BCUT2D eigenvalue weighted by Crippen LogP contribution is 2.16. The largest absolute Gasteiger partial charge is 0.324 e. The molecule has 12 heavy (non-hydrogen) atoms. The van der Waals surface area contributed by atoms with Crippen LogP contribution in [0.1, 0.15) is 26.7 Å². The van der Waals surface area contributed by atoms with Crippen LogP contribution < -0.4 is 11.1 Å². The summed E-state index contributed by atoms with van der Waals surface area (Å²) in [5, 5.41) is 3.52. The molecule has 1 aliphatic heterocycles. The molecule has 1 saturated heterocycles. The lowest BCUT2D eigenvalue weighted by molar-refractivity contribution is 0.415. The van der Waals surface area contributed by atoms with Crippen LogP contribution >= 0.6 is 11.8 Å². The molecule has 1 aliphatic rings. The van der Waals surface area contributed by atoms with Crippen molar-refractivity contribution in [3.05, 3.63) is 0 Å². The Morgan fingerprint density at radius 3 is 2.83 bits per heavy atom. The van der Waals surface area contributed by atoms with Crippen LogP contribution in [0.5, 0.6) is 0 Å². The van der Waals surface area contributed by atoms with Crippen molar-refractivity contribution in [3.8, 4) is 0 Å². The minimum absolute atomic E-state index is 0.0673. The molecule has 0 radical (unpaired) electrons. The van der Waals surface area contributed by atoms with Gasteiger partial charge in [-0.05, 0) is 32.4 Å². The first-order valence-electron chi connectivity index (χ1n) is 4.68. The van der Waals surface area contributed by atoms with Gasteiger partial charge in [0.1, 0.15) is 0 Å².